The molecule has 3 amide bonds. The molecule has 1 saturated heterocycles. The highest BCUT2D eigenvalue weighted by Gasteiger charge is 2.43. The lowest BCUT2D eigenvalue weighted by molar-refractivity contribution is -0.141. The average molecular weight is 606 g/mol. The second-order valence-electron chi connectivity index (χ2n) is 10.6. The number of carbonyl (C=O) groups is 3. The molecule has 0 bridgehead atoms. The van der Waals surface area contributed by atoms with E-state index in [0.717, 1.165) is 24.0 Å². The van der Waals surface area contributed by atoms with Crippen LogP contribution in [0.1, 0.15) is 45.9 Å². The molecule has 43 heavy (non-hydrogen) atoms. The standard InChI is InChI=1S/C32H35N3O7S/c1-22-9-3-4-10-23(22)16-17-34(29(36)21-35-32(38)27-14-5-6-15-28(27)43(35,39)40)30(24-11-7-12-25(19-24)41-2)31(37)33-20-26-13-8-18-42-26/h3-7,9-12,14-15,19,26,30H,8,13,16-18,20-21H2,1-2H3,(H,33,37)/t26-,30+/m1/s1. The molecule has 2 heterocycles. The number of amides is 3. The normalized spacial score (nSPS) is 17.8. The maximum Gasteiger partial charge on any atom is 0.269 e. The minimum atomic E-state index is -4.24. The molecule has 1 N–H and O–H groups in total. The third-order valence-corrected chi connectivity index (χ3v) is 9.68. The predicted molar refractivity (Wildman–Crippen MR) is 159 cm³/mol. The number of nitrogens with one attached hydrogen (secondary N) is 1. The molecule has 11 heteroatoms. The fourth-order valence-electron chi connectivity index (χ4n) is 5.53. The number of hydrogen-bond donors (Lipinski definition) is 1. The number of ether oxygens (including phenoxy) is 2. The summed E-state index contributed by atoms with van der Waals surface area (Å²) in [5.74, 6) is -1.41. The van der Waals surface area contributed by atoms with Gasteiger partial charge in [-0.2, -0.15) is 0 Å². The van der Waals surface area contributed by atoms with Gasteiger partial charge in [0.2, 0.25) is 11.8 Å². The Labute approximate surface area is 251 Å². The number of benzene rings is 3. The summed E-state index contributed by atoms with van der Waals surface area (Å²) in [5.41, 5.74) is 2.49. The molecule has 2 aliphatic heterocycles. The van der Waals surface area contributed by atoms with Crippen LogP contribution in [0.5, 0.6) is 5.75 Å². The van der Waals surface area contributed by atoms with E-state index in [1.54, 1.807) is 30.3 Å². The molecule has 0 spiro atoms. The Morgan fingerprint density at radius 3 is 2.58 bits per heavy atom. The monoisotopic (exact) mass is 605 g/mol. The van der Waals surface area contributed by atoms with Gasteiger partial charge >= 0.3 is 0 Å². The first-order valence-corrected chi connectivity index (χ1v) is 15.7. The van der Waals surface area contributed by atoms with E-state index in [-0.39, 0.29) is 29.7 Å². The largest absolute Gasteiger partial charge is 0.497 e. The van der Waals surface area contributed by atoms with Crippen molar-refractivity contribution in [2.75, 3.05) is 33.4 Å². The van der Waals surface area contributed by atoms with Crippen molar-refractivity contribution in [2.24, 2.45) is 0 Å². The molecule has 226 valence electrons. The van der Waals surface area contributed by atoms with Crippen LogP contribution in [0, 0.1) is 6.92 Å². The fourth-order valence-corrected chi connectivity index (χ4v) is 7.05. The fraction of sp³-hybridized carbons (Fsp3) is 0.344. The molecule has 2 atom stereocenters. The summed E-state index contributed by atoms with van der Waals surface area (Å²) >= 11 is 0. The minimum Gasteiger partial charge on any atom is -0.497 e. The van der Waals surface area contributed by atoms with E-state index in [4.69, 9.17) is 9.47 Å². The molecule has 2 aliphatic rings. The Kier molecular flexibility index (Phi) is 9.12. The quantitative estimate of drug-likeness (QED) is 0.356. The van der Waals surface area contributed by atoms with Gasteiger partial charge in [-0.25, -0.2) is 12.7 Å². The predicted octanol–water partition coefficient (Wildman–Crippen LogP) is 3.26. The van der Waals surface area contributed by atoms with Gasteiger partial charge in [0, 0.05) is 19.7 Å². The van der Waals surface area contributed by atoms with Crippen LogP contribution >= 0.6 is 0 Å². The van der Waals surface area contributed by atoms with E-state index in [0.29, 0.717) is 28.6 Å². The topological polar surface area (TPSA) is 122 Å². The van der Waals surface area contributed by atoms with Gasteiger partial charge in [0.05, 0.1) is 18.8 Å². The molecule has 0 unspecified atom stereocenters. The molecule has 3 aromatic carbocycles. The van der Waals surface area contributed by atoms with Gasteiger partial charge in [-0.05, 0) is 67.1 Å². The molecule has 0 radical (unpaired) electrons. The van der Waals surface area contributed by atoms with Crippen LogP contribution in [0.15, 0.2) is 77.7 Å². The van der Waals surface area contributed by atoms with Gasteiger partial charge in [-0.3, -0.25) is 14.4 Å². The number of hydrogen-bond acceptors (Lipinski definition) is 7. The highest BCUT2D eigenvalue weighted by atomic mass is 32.2. The van der Waals surface area contributed by atoms with E-state index < -0.39 is 40.3 Å². The Morgan fingerprint density at radius 2 is 1.86 bits per heavy atom. The van der Waals surface area contributed by atoms with Crippen molar-refractivity contribution in [1.29, 1.82) is 0 Å². The van der Waals surface area contributed by atoms with Crippen molar-refractivity contribution >= 4 is 27.7 Å². The van der Waals surface area contributed by atoms with Gasteiger partial charge in [0.25, 0.3) is 15.9 Å². The van der Waals surface area contributed by atoms with Crippen molar-refractivity contribution in [3.8, 4) is 5.75 Å². The Hall–Kier alpha value is -4.22. The number of carbonyl (C=O) groups excluding carboxylic acids is 3. The molecule has 0 aliphatic carbocycles. The highest BCUT2D eigenvalue weighted by molar-refractivity contribution is 7.90. The van der Waals surface area contributed by atoms with Crippen LogP contribution in [0.4, 0.5) is 0 Å². The van der Waals surface area contributed by atoms with Crippen LogP contribution in [0.25, 0.3) is 0 Å². The van der Waals surface area contributed by atoms with Crippen LogP contribution in [-0.2, 0) is 30.8 Å². The lowest BCUT2D eigenvalue weighted by Crippen LogP contribution is -2.49. The molecule has 3 aromatic rings. The minimum absolute atomic E-state index is 0.0143. The van der Waals surface area contributed by atoms with Crippen LogP contribution in [0.2, 0.25) is 0 Å². The van der Waals surface area contributed by atoms with Gasteiger partial charge in [0.1, 0.15) is 23.2 Å². The Balaban J connectivity index is 1.50. The number of nitrogens with zero attached hydrogens (tertiary/aromatic N) is 2. The first kappa shape index (κ1) is 30.2. The van der Waals surface area contributed by atoms with E-state index in [2.05, 4.69) is 5.32 Å². The van der Waals surface area contributed by atoms with Crippen LogP contribution < -0.4 is 10.1 Å². The summed E-state index contributed by atoms with van der Waals surface area (Å²) in [6.45, 7) is 2.20. The van der Waals surface area contributed by atoms with Crippen molar-refractivity contribution in [1.82, 2.24) is 14.5 Å². The van der Waals surface area contributed by atoms with Gasteiger partial charge < -0.3 is 19.7 Å². The summed E-state index contributed by atoms with van der Waals surface area (Å²) in [6.07, 6.45) is 1.99. The van der Waals surface area contributed by atoms with E-state index in [9.17, 15) is 22.8 Å². The summed E-state index contributed by atoms with van der Waals surface area (Å²) in [5, 5.41) is 2.94. The molecule has 10 nitrogen and oxygen atoms in total. The number of aryl methyl sites for hydroxylation is 1. The maximum atomic E-state index is 14.2. The van der Waals surface area contributed by atoms with E-state index in [1.807, 2.05) is 31.2 Å². The molecular weight excluding hydrogens is 570 g/mol. The summed E-state index contributed by atoms with van der Waals surface area (Å²) in [6, 6.07) is 19.3. The lowest BCUT2D eigenvalue weighted by atomic mass is 10.0. The van der Waals surface area contributed by atoms with E-state index in [1.165, 1.54) is 30.2 Å². The van der Waals surface area contributed by atoms with Crippen molar-refractivity contribution in [3.63, 3.8) is 0 Å². The first-order valence-electron chi connectivity index (χ1n) is 14.2. The van der Waals surface area contributed by atoms with Crippen LogP contribution in [0.3, 0.4) is 0 Å². The smallest absolute Gasteiger partial charge is 0.269 e. The molecule has 0 saturated carbocycles. The van der Waals surface area contributed by atoms with Crippen molar-refractivity contribution < 1.29 is 32.3 Å². The summed E-state index contributed by atoms with van der Waals surface area (Å²) in [7, 11) is -2.73. The third-order valence-electron chi connectivity index (χ3n) is 7.89. The SMILES string of the molecule is COc1cccc([C@@H](C(=O)NC[C@H]2CCCO2)N(CCc2ccccc2C)C(=O)CN2C(=O)c3ccccc3S2(=O)=O)c1. The average Bonchev–Trinajstić information content (AvgIpc) is 3.60. The van der Waals surface area contributed by atoms with Crippen molar-refractivity contribution in [2.45, 2.75) is 43.2 Å². The second-order valence-corrected chi connectivity index (χ2v) is 12.5. The zero-order valence-corrected chi connectivity index (χ0v) is 25.0. The Bertz CT molecular complexity index is 1620. The molecule has 5 rings (SSSR count). The zero-order valence-electron chi connectivity index (χ0n) is 24.2. The molecule has 0 aromatic heterocycles. The second kappa shape index (κ2) is 13.0. The first-order chi connectivity index (χ1) is 20.7. The summed E-state index contributed by atoms with van der Waals surface area (Å²) in [4.78, 5) is 42.5. The van der Waals surface area contributed by atoms with Gasteiger partial charge in [-0.15, -0.1) is 0 Å². The lowest BCUT2D eigenvalue weighted by Gasteiger charge is -2.33. The van der Waals surface area contributed by atoms with Gasteiger partial charge in [-0.1, -0.05) is 48.5 Å². The third kappa shape index (κ3) is 6.42. The maximum absolute atomic E-state index is 14.2. The molecular formula is C32H35N3O7S. The number of methoxy groups -OCH3 is 1. The number of sulfonamides is 1. The zero-order chi connectivity index (χ0) is 30.6. The summed E-state index contributed by atoms with van der Waals surface area (Å²) < 4.78 is 38.3. The molecule has 1 fully saturated rings. The van der Waals surface area contributed by atoms with Gasteiger partial charge in [0.15, 0.2) is 0 Å². The van der Waals surface area contributed by atoms with Crippen molar-refractivity contribution in [3.05, 3.63) is 95.1 Å². The van der Waals surface area contributed by atoms with E-state index >= 15 is 0 Å². The van der Waals surface area contributed by atoms with Crippen LogP contribution in [-0.4, -0.2) is 74.8 Å². The highest BCUT2D eigenvalue weighted by Crippen LogP contribution is 2.31. The Morgan fingerprint density at radius 1 is 1.09 bits per heavy atom. The number of rotatable bonds is 11. The number of fused-ring (bicyclic) bond motifs is 1.